The molecule has 3 saturated heterocycles. The summed E-state index contributed by atoms with van der Waals surface area (Å²) >= 11 is 0. The van der Waals surface area contributed by atoms with Crippen molar-refractivity contribution in [1.82, 2.24) is 14.8 Å². The summed E-state index contributed by atoms with van der Waals surface area (Å²) < 4.78 is 12.1. The summed E-state index contributed by atoms with van der Waals surface area (Å²) in [4.78, 5) is 20.9. The van der Waals surface area contributed by atoms with E-state index >= 15 is 0 Å². The molecule has 6 rings (SSSR count). The first-order valence-electron chi connectivity index (χ1n) is 13.4. The van der Waals surface area contributed by atoms with E-state index in [1.807, 2.05) is 11.1 Å². The lowest BCUT2D eigenvalue weighted by Crippen LogP contribution is -2.61. The number of aromatic nitrogens is 1. The van der Waals surface area contributed by atoms with E-state index < -0.39 is 0 Å². The zero-order valence-electron chi connectivity index (χ0n) is 21.1. The Labute approximate surface area is 213 Å². The van der Waals surface area contributed by atoms with Crippen molar-refractivity contribution in [3.63, 3.8) is 0 Å². The first-order chi connectivity index (χ1) is 17.6. The standard InChI is InChI=1S/C29H36N4O3/c1-3-27(34)33-17-23(18-33)32-12-7-20(8-13-32)22-4-5-26-25(16-22)31-29-28(19(2)36-26)24(6-11-30-29)21-9-14-35-15-10-21/h3-6,11,16,19-21,23H,1,7-10,12-15,17-18H2,2H3,(H,30,31)/t19-/m0/s1. The van der Waals surface area contributed by atoms with Crippen LogP contribution in [0.25, 0.3) is 0 Å². The van der Waals surface area contributed by atoms with Crippen molar-refractivity contribution in [2.24, 2.45) is 0 Å². The Morgan fingerprint density at radius 3 is 2.64 bits per heavy atom. The van der Waals surface area contributed by atoms with Crippen LogP contribution in [0.15, 0.2) is 43.1 Å². The number of benzene rings is 1. The zero-order valence-corrected chi connectivity index (χ0v) is 21.1. The fourth-order valence-electron chi connectivity index (χ4n) is 6.35. The zero-order chi connectivity index (χ0) is 24.6. The summed E-state index contributed by atoms with van der Waals surface area (Å²) in [5.41, 5.74) is 4.89. The largest absolute Gasteiger partial charge is 0.484 e. The van der Waals surface area contributed by atoms with Gasteiger partial charge < -0.3 is 19.7 Å². The smallest absolute Gasteiger partial charge is 0.246 e. The number of pyridine rings is 1. The van der Waals surface area contributed by atoms with Gasteiger partial charge in [0.15, 0.2) is 0 Å². The van der Waals surface area contributed by atoms with E-state index in [0.29, 0.717) is 17.9 Å². The Kier molecular flexibility index (Phi) is 6.44. The Morgan fingerprint density at radius 1 is 1.11 bits per heavy atom. The Morgan fingerprint density at radius 2 is 1.89 bits per heavy atom. The summed E-state index contributed by atoms with van der Waals surface area (Å²) in [7, 11) is 0. The van der Waals surface area contributed by atoms with Crippen LogP contribution in [0.2, 0.25) is 0 Å². The molecule has 0 spiro atoms. The van der Waals surface area contributed by atoms with Crippen LogP contribution < -0.4 is 10.1 Å². The van der Waals surface area contributed by atoms with Gasteiger partial charge >= 0.3 is 0 Å². The molecule has 36 heavy (non-hydrogen) atoms. The van der Waals surface area contributed by atoms with E-state index in [1.54, 1.807) is 0 Å². The van der Waals surface area contributed by atoms with Crippen LogP contribution in [-0.4, -0.2) is 66.1 Å². The molecule has 1 N–H and O–H groups in total. The highest BCUT2D eigenvalue weighted by atomic mass is 16.5. The third-order valence-corrected chi connectivity index (χ3v) is 8.52. The topological polar surface area (TPSA) is 66.9 Å². The molecule has 0 bridgehead atoms. The molecule has 0 saturated carbocycles. The molecule has 0 aliphatic carbocycles. The predicted octanol–water partition coefficient (Wildman–Crippen LogP) is 4.75. The van der Waals surface area contributed by atoms with Crippen molar-refractivity contribution < 1.29 is 14.3 Å². The molecule has 0 unspecified atom stereocenters. The molecule has 4 aliphatic rings. The van der Waals surface area contributed by atoms with Gasteiger partial charge in [-0.3, -0.25) is 9.69 Å². The number of rotatable bonds is 4. The maximum absolute atomic E-state index is 11.8. The number of anilines is 2. The summed E-state index contributed by atoms with van der Waals surface area (Å²) in [5.74, 6) is 2.87. The lowest BCUT2D eigenvalue weighted by Gasteiger charge is -2.47. The number of carbonyl (C=O) groups is 1. The third kappa shape index (κ3) is 4.39. The lowest BCUT2D eigenvalue weighted by molar-refractivity contribution is -0.133. The highest BCUT2D eigenvalue weighted by Crippen LogP contribution is 2.44. The van der Waals surface area contributed by atoms with Crippen LogP contribution in [0, 0.1) is 0 Å². The van der Waals surface area contributed by atoms with Crippen LogP contribution in [0.5, 0.6) is 5.75 Å². The van der Waals surface area contributed by atoms with E-state index in [4.69, 9.17) is 14.5 Å². The normalized spacial score (nSPS) is 23.5. The predicted molar refractivity (Wildman–Crippen MR) is 140 cm³/mol. The Bertz CT molecular complexity index is 1130. The number of hydrogen-bond donors (Lipinski definition) is 1. The van der Waals surface area contributed by atoms with E-state index in [1.165, 1.54) is 22.8 Å². The summed E-state index contributed by atoms with van der Waals surface area (Å²) in [6, 6.07) is 9.30. The lowest BCUT2D eigenvalue weighted by atomic mass is 9.87. The molecule has 3 fully saturated rings. The number of fused-ring (bicyclic) bond motifs is 2. The maximum Gasteiger partial charge on any atom is 0.246 e. The molecule has 1 aromatic heterocycles. The second kappa shape index (κ2) is 9.87. The number of likely N-dealkylation sites (tertiary alicyclic amines) is 2. The highest BCUT2D eigenvalue weighted by Gasteiger charge is 2.36. The van der Waals surface area contributed by atoms with Gasteiger partial charge in [0.2, 0.25) is 5.91 Å². The number of hydrogen-bond acceptors (Lipinski definition) is 6. The van der Waals surface area contributed by atoms with Crippen molar-refractivity contribution in [2.45, 2.75) is 56.6 Å². The van der Waals surface area contributed by atoms with Gasteiger partial charge in [-0.2, -0.15) is 0 Å². The van der Waals surface area contributed by atoms with Gasteiger partial charge in [-0.15, -0.1) is 0 Å². The second-order valence-corrected chi connectivity index (χ2v) is 10.6. The fourth-order valence-corrected chi connectivity index (χ4v) is 6.35. The third-order valence-electron chi connectivity index (χ3n) is 8.52. The molecule has 7 nitrogen and oxygen atoms in total. The summed E-state index contributed by atoms with van der Waals surface area (Å²) in [6.45, 7) is 11.2. The van der Waals surface area contributed by atoms with E-state index in [-0.39, 0.29) is 12.0 Å². The van der Waals surface area contributed by atoms with E-state index in [2.05, 4.69) is 48.0 Å². The molecular formula is C29H36N4O3. The van der Waals surface area contributed by atoms with Gasteiger partial charge in [0.25, 0.3) is 0 Å². The van der Waals surface area contributed by atoms with Gasteiger partial charge in [0.05, 0.1) is 5.69 Å². The molecule has 7 heteroatoms. The van der Waals surface area contributed by atoms with Crippen LogP contribution in [0.4, 0.5) is 11.5 Å². The van der Waals surface area contributed by atoms with Gasteiger partial charge in [0, 0.05) is 44.1 Å². The number of nitrogens with one attached hydrogen (secondary N) is 1. The number of amides is 1. The quantitative estimate of drug-likeness (QED) is 0.627. The monoisotopic (exact) mass is 488 g/mol. The van der Waals surface area contributed by atoms with Crippen LogP contribution in [0.1, 0.15) is 67.2 Å². The molecular weight excluding hydrogens is 452 g/mol. The molecule has 1 atom stereocenters. The second-order valence-electron chi connectivity index (χ2n) is 10.6. The fraction of sp³-hybridized carbons (Fsp3) is 0.517. The summed E-state index contributed by atoms with van der Waals surface area (Å²) in [5, 5.41) is 3.64. The first kappa shape index (κ1) is 23.5. The molecule has 5 heterocycles. The first-order valence-corrected chi connectivity index (χ1v) is 13.4. The SMILES string of the molecule is C=CC(=O)N1CC(N2CCC(c3ccc4c(c3)Nc3nccc(C5CCOCC5)c3[C@H](C)O4)CC2)C1. The average Bonchev–Trinajstić information content (AvgIpc) is 3.03. The van der Waals surface area contributed by atoms with Gasteiger partial charge in [-0.1, -0.05) is 12.6 Å². The van der Waals surface area contributed by atoms with Crippen LogP contribution >= 0.6 is 0 Å². The van der Waals surface area contributed by atoms with E-state index in [9.17, 15) is 4.79 Å². The number of piperidine rings is 1. The molecule has 2 aromatic rings. The van der Waals surface area contributed by atoms with Crippen molar-refractivity contribution in [3.8, 4) is 5.75 Å². The number of nitrogens with zero attached hydrogens (tertiary/aromatic N) is 3. The molecule has 4 aliphatic heterocycles. The van der Waals surface area contributed by atoms with Crippen molar-refractivity contribution >= 4 is 17.4 Å². The summed E-state index contributed by atoms with van der Waals surface area (Å²) in [6.07, 6.45) is 7.63. The molecule has 1 aromatic carbocycles. The van der Waals surface area contributed by atoms with Crippen LogP contribution in [0.3, 0.4) is 0 Å². The van der Waals surface area contributed by atoms with Crippen molar-refractivity contribution in [3.05, 3.63) is 59.8 Å². The average molecular weight is 489 g/mol. The van der Waals surface area contributed by atoms with Crippen molar-refractivity contribution in [2.75, 3.05) is 44.7 Å². The van der Waals surface area contributed by atoms with Crippen molar-refractivity contribution in [1.29, 1.82) is 0 Å². The van der Waals surface area contributed by atoms with Crippen LogP contribution in [-0.2, 0) is 9.53 Å². The minimum absolute atomic E-state index is 0.0473. The Balaban J connectivity index is 1.16. The molecule has 190 valence electrons. The van der Waals surface area contributed by atoms with Gasteiger partial charge in [-0.25, -0.2) is 4.98 Å². The van der Waals surface area contributed by atoms with E-state index in [0.717, 1.165) is 82.3 Å². The highest BCUT2D eigenvalue weighted by molar-refractivity contribution is 5.87. The minimum atomic E-state index is -0.0654. The maximum atomic E-state index is 11.8. The minimum Gasteiger partial charge on any atom is -0.484 e. The Hall–Kier alpha value is -2.90. The van der Waals surface area contributed by atoms with Gasteiger partial charge in [-0.05, 0) is 92.9 Å². The number of carbonyl (C=O) groups excluding carboxylic acids is 1. The number of ether oxygens (including phenoxy) is 2. The molecule has 0 radical (unpaired) electrons. The van der Waals surface area contributed by atoms with Gasteiger partial charge in [0.1, 0.15) is 17.7 Å². The molecule has 1 amide bonds.